The minimum atomic E-state index is 0.735. The van der Waals surface area contributed by atoms with Crippen LogP contribution in [0.15, 0.2) is 0 Å². The van der Waals surface area contributed by atoms with Gasteiger partial charge in [-0.1, -0.05) is 6.92 Å². The molecule has 0 aromatic heterocycles. The maximum Gasteiger partial charge on any atom is 0.0117 e. The largest absolute Gasteiger partial charge is 0.316 e. The highest BCUT2D eigenvalue weighted by Gasteiger charge is 2.19. The van der Waals surface area contributed by atoms with E-state index < -0.39 is 0 Å². The molecule has 1 aliphatic heterocycles. The first kappa shape index (κ1) is 12.0. The van der Waals surface area contributed by atoms with Crippen molar-refractivity contribution in [3.63, 3.8) is 0 Å². The molecule has 0 spiro atoms. The van der Waals surface area contributed by atoms with Gasteiger partial charge in [0.05, 0.1) is 0 Å². The normalized spacial score (nSPS) is 28.3. The standard InChI is InChI=1S/C11H25N3/c1-10-9-12-7-5-11(10)13-6-4-8-14(2)3/h10-13H,4-9H2,1-3H3. The molecule has 1 heterocycles. The van der Waals surface area contributed by atoms with Crippen LogP contribution in [0.4, 0.5) is 0 Å². The molecule has 0 radical (unpaired) electrons. The Kier molecular flexibility index (Phi) is 5.45. The molecule has 14 heavy (non-hydrogen) atoms. The number of hydrogen-bond acceptors (Lipinski definition) is 3. The summed E-state index contributed by atoms with van der Waals surface area (Å²) in [4.78, 5) is 2.24. The van der Waals surface area contributed by atoms with Crippen LogP contribution in [0.3, 0.4) is 0 Å². The Hall–Kier alpha value is -0.120. The Morgan fingerprint density at radius 3 is 2.86 bits per heavy atom. The molecular formula is C11H25N3. The first-order valence-electron chi connectivity index (χ1n) is 5.79. The molecule has 1 fully saturated rings. The molecule has 2 N–H and O–H groups in total. The lowest BCUT2D eigenvalue weighted by atomic mass is 9.95. The molecule has 0 aliphatic carbocycles. The highest BCUT2D eigenvalue weighted by Crippen LogP contribution is 2.09. The van der Waals surface area contributed by atoms with E-state index in [9.17, 15) is 0 Å². The smallest absolute Gasteiger partial charge is 0.0117 e. The minimum absolute atomic E-state index is 0.735. The third-order valence-corrected chi connectivity index (χ3v) is 2.97. The monoisotopic (exact) mass is 199 g/mol. The van der Waals surface area contributed by atoms with Gasteiger partial charge < -0.3 is 15.5 Å². The van der Waals surface area contributed by atoms with Gasteiger partial charge in [-0.3, -0.25) is 0 Å². The van der Waals surface area contributed by atoms with Gasteiger partial charge in [0, 0.05) is 6.04 Å². The maximum atomic E-state index is 3.66. The average molecular weight is 199 g/mol. The predicted molar refractivity (Wildman–Crippen MR) is 61.6 cm³/mol. The summed E-state index contributed by atoms with van der Waals surface area (Å²) in [5.41, 5.74) is 0. The zero-order chi connectivity index (χ0) is 10.4. The molecule has 0 bridgehead atoms. The van der Waals surface area contributed by atoms with Gasteiger partial charge in [0.1, 0.15) is 0 Å². The van der Waals surface area contributed by atoms with Crippen LogP contribution in [-0.4, -0.2) is 51.2 Å². The topological polar surface area (TPSA) is 27.3 Å². The highest BCUT2D eigenvalue weighted by molar-refractivity contribution is 4.80. The van der Waals surface area contributed by atoms with Crippen LogP contribution in [0.25, 0.3) is 0 Å². The molecule has 1 saturated heterocycles. The predicted octanol–water partition coefficient (Wildman–Crippen LogP) is 0.526. The molecular weight excluding hydrogens is 174 g/mol. The van der Waals surface area contributed by atoms with Gasteiger partial charge >= 0.3 is 0 Å². The lowest BCUT2D eigenvalue weighted by Crippen LogP contribution is -2.46. The van der Waals surface area contributed by atoms with Crippen molar-refractivity contribution in [2.45, 2.75) is 25.8 Å². The Morgan fingerprint density at radius 2 is 2.21 bits per heavy atom. The molecule has 3 nitrogen and oxygen atoms in total. The summed E-state index contributed by atoms with van der Waals surface area (Å²) < 4.78 is 0. The van der Waals surface area contributed by atoms with Crippen molar-refractivity contribution in [1.82, 2.24) is 15.5 Å². The van der Waals surface area contributed by atoms with Gasteiger partial charge in [0.25, 0.3) is 0 Å². The lowest BCUT2D eigenvalue weighted by molar-refractivity contribution is 0.290. The van der Waals surface area contributed by atoms with Crippen LogP contribution in [0.5, 0.6) is 0 Å². The first-order chi connectivity index (χ1) is 6.70. The summed E-state index contributed by atoms with van der Waals surface area (Å²) in [5, 5.41) is 7.08. The van der Waals surface area contributed by atoms with Crippen molar-refractivity contribution in [2.75, 3.05) is 40.3 Å². The maximum absolute atomic E-state index is 3.66. The van der Waals surface area contributed by atoms with Gasteiger partial charge in [0.2, 0.25) is 0 Å². The van der Waals surface area contributed by atoms with Crippen LogP contribution in [0.1, 0.15) is 19.8 Å². The van der Waals surface area contributed by atoms with Crippen molar-refractivity contribution in [2.24, 2.45) is 5.92 Å². The van der Waals surface area contributed by atoms with Crippen LogP contribution in [-0.2, 0) is 0 Å². The number of piperidine rings is 1. The third kappa shape index (κ3) is 4.40. The zero-order valence-corrected chi connectivity index (χ0v) is 9.84. The third-order valence-electron chi connectivity index (χ3n) is 2.97. The summed E-state index contributed by atoms with van der Waals surface area (Å²) >= 11 is 0. The quantitative estimate of drug-likeness (QED) is 0.632. The molecule has 3 heteroatoms. The van der Waals surface area contributed by atoms with E-state index in [0.717, 1.165) is 18.5 Å². The fourth-order valence-corrected chi connectivity index (χ4v) is 2.00. The second kappa shape index (κ2) is 6.38. The molecule has 1 rings (SSSR count). The molecule has 0 aromatic rings. The zero-order valence-electron chi connectivity index (χ0n) is 9.84. The van der Waals surface area contributed by atoms with Crippen molar-refractivity contribution in [3.05, 3.63) is 0 Å². The van der Waals surface area contributed by atoms with E-state index in [1.165, 1.54) is 32.5 Å². The Labute approximate surface area is 88.2 Å². The molecule has 2 atom stereocenters. The molecule has 0 saturated carbocycles. The number of nitrogens with one attached hydrogen (secondary N) is 2. The summed E-state index contributed by atoms with van der Waals surface area (Å²) in [7, 11) is 4.26. The first-order valence-corrected chi connectivity index (χ1v) is 5.79. The van der Waals surface area contributed by atoms with Gasteiger partial charge in [-0.2, -0.15) is 0 Å². The SMILES string of the molecule is CC1CNCCC1NCCCN(C)C. The van der Waals surface area contributed by atoms with E-state index in [4.69, 9.17) is 0 Å². The second-order valence-electron chi connectivity index (χ2n) is 4.69. The molecule has 2 unspecified atom stereocenters. The van der Waals surface area contributed by atoms with Crippen LogP contribution >= 0.6 is 0 Å². The molecule has 0 amide bonds. The van der Waals surface area contributed by atoms with Crippen molar-refractivity contribution < 1.29 is 0 Å². The van der Waals surface area contributed by atoms with Crippen LogP contribution in [0.2, 0.25) is 0 Å². The summed E-state index contributed by atoms with van der Waals surface area (Å²) in [5.74, 6) is 0.781. The molecule has 84 valence electrons. The Morgan fingerprint density at radius 1 is 1.43 bits per heavy atom. The minimum Gasteiger partial charge on any atom is -0.316 e. The van der Waals surface area contributed by atoms with Crippen molar-refractivity contribution in [3.8, 4) is 0 Å². The van der Waals surface area contributed by atoms with E-state index in [1.54, 1.807) is 0 Å². The van der Waals surface area contributed by atoms with Gasteiger partial charge in [-0.05, 0) is 59.0 Å². The Bertz CT molecular complexity index is 147. The summed E-state index contributed by atoms with van der Waals surface area (Å²) in [6.45, 7) is 7.02. The highest BCUT2D eigenvalue weighted by atomic mass is 15.1. The summed E-state index contributed by atoms with van der Waals surface area (Å²) in [6.07, 6.45) is 2.53. The Balaban J connectivity index is 2.04. The van der Waals surface area contributed by atoms with E-state index in [2.05, 4.69) is 36.6 Å². The second-order valence-corrected chi connectivity index (χ2v) is 4.69. The summed E-state index contributed by atoms with van der Waals surface area (Å²) in [6, 6.07) is 0.735. The van der Waals surface area contributed by atoms with Crippen LogP contribution in [0, 0.1) is 5.92 Å². The molecule has 0 aromatic carbocycles. The average Bonchev–Trinajstić information content (AvgIpc) is 2.15. The van der Waals surface area contributed by atoms with E-state index in [1.807, 2.05) is 0 Å². The van der Waals surface area contributed by atoms with E-state index in [0.29, 0.717) is 0 Å². The number of nitrogens with zero attached hydrogens (tertiary/aromatic N) is 1. The van der Waals surface area contributed by atoms with Crippen molar-refractivity contribution in [1.29, 1.82) is 0 Å². The van der Waals surface area contributed by atoms with Gasteiger partial charge in [-0.25, -0.2) is 0 Å². The lowest BCUT2D eigenvalue weighted by Gasteiger charge is -2.30. The number of hydrogen-bond donors (Lipinski definition) is 2. The van der Waals surface area contributed by atoms with Gasteiger partial charge in [0.15, 0.2) is 0 Å². The fraction of sp³-hybridized carbons (Fsp3) is 1.00. The van der Waals surface area contributed by atoms with E-state index in [-0.39, 0.29) is 0 Å². The fourth-order valence-electron chi connectivity index (χ4n) is 2.00. The van der Waals surface area contributed by atoms with E-state index >= 15 is 0 Å². The molecule has 1 aliphatic rings. The van der Waals surface area contributed by atoms with Crippen LogP contribution < -0.4 is 10.6 Å². The van der Waals surface area contributed by atoms with Crippen molar-refractivity contribution >= 4 is 0 Å². The van der Waals surface area contributed by atoms with Gasteiger partial charge in [-0.15, -0.1) is 0 Å². The number of rotatable bonds is 5.